The van der Waals surface area contributed by atoms with E-state index in [1.165, 1.54) is 0 Å². The maximum Gasteiger partial charge on any atom is 0.272 e. The molecule has 42 heavy (non-hydrogen) atoms. The molecule has 8 rings (SSSR count). The predicted octanol–water partition coefficient (Wildman–Crippen LogP) is 3.71. The van der Waals surface area contributed by atoms with Gasteiger partial charge in [0.15, 0.2) is 28.6 Å². The number of nitrogens with two attached hydrogens (primary N) is 1. The number of imidazole rings is 1. The van der Waals surface area contributed by atoms with Crippen LogP contribution in [0.5, 0.6) is 0 Å². The molecule has 1 atom stereocenters. The van der Waals surface area contributed by atoms with Crippen molar-refractivity contribution in [1.82, 2.24) is 49.2 Å². The van der Waals surface area contributed by atoms with Gasteiger partial charge in [-0.1, -0.05) is 6.07 Å². The molecule has 3 N–H and O–H groups in total. The molecule has 0 unspecified atom stereocenters. The van der Waals surface area contributed by atoms with E-state index in [1.54, 1.807) is 46.1 Å². The van der Waals surface area contributed by atoms with Crippen molar-refractivity contribution in [1.29, 1.82) is 0 Å². The fraction of sp³-hybridized carbons (Fsp3) is 0.100. The van der Waals surface area contributed by atoms with E-state index in [1.807, 2.05) is 47.2 Å². The lowest BCUT2D eigenvalue weighted by atomic mass is 10.1. The molecule has 204 valence electrons. The first kappa shape index (κ1) is 23.9. The highest BCUT2D eigenvalue weighted by molar-refractivity contribution is 5.93. The van der Waals surface area contributed by atoms with Gasteiger partial charge in [0.25, 0.3) is 5.91 Å². The van der Waals surface area contributed by atoms with Gasteiger partial charge < -0.3 is 11.1 Å². The number of fused-ring (bicyclic) bond motifs is 3. The minimum atomic E-state index is -0.229. The lowest BCUT2D eigenvalue weighted by molar-refractivity contribution is 0.0931. The Kier molecular flexibility index (Phi) is 5.32. The number of aromatic nitrogens is 9. The summed E-state index contributed by atoms with van der Waals surface area (Å²) in [4.78, 5) is 31.5. The van der Waals surface area contributed by atoms with Gasteiger partial charge in [0.2, 0.25) is 0 Å². The van der Waals surface area contributed by atoms with Gasteiger partial charge >= 0.3 is 0 Å². The highest BCUT2D eigenvalue weighted by Gasteiger charge is 2.27. The largest absolute Gasteiger partial charge is 0.383 e. The second-order valence-corrected chi connectivity index (χ2v) is 10.1. The number of nitrogen functional groups attached to an aromatic ring is 1. The molecular weight excluding hydrogens is 530 g/mol. The summed E-state index contributed by atoms with van der Waals surface area (Å²) < 4.78 is 5.31. The van der Waals surface area contributed by atoms with E-state index in [-0.39, 0.29) is 11.9 Å². The van der Waals surface area contributed by atoms with Gasteiger partial charge in [-0.25, -0.2) is 29.1 Å². The molecule has 1 aliphatic carbocycles. The van der Waals surface area contributed by atoms with E-state index in [0.29, 0.717) is 40.0 Å². The predicted molar refractivity (Wildman–Crippen MR) is 155 cm³/mol. The van der Waals surface area contributed by atoms with Crippen LogP contribution < -0.4 is 11.1 Å². The first-order valence-electron chi connectivity index (χ1n) is 13.5. The second-order valence-electron chi connectivity index (χ2n) is 10.1. The van der Waals surface area contributed by atoms with Crippen LogP contribution in [-0.4, -0.2) is 49.8 Å². The number of hydrogen-bond acceptors (Lipinski definition) is 8. The molecule has 1 aliphatic rings. The third-order valence-corrected chi connectivity index (χ3v) is 7.54. The van der Waals surface area contributed by atoms with Crippen molar-refractivity contribution in [2.75, 3.05) is 5.73 Å². The van der Waals surface area contributed by atoms with Crippen LogP contribution in [0.4, 0.5) is 5.82 Å². The molecule has 0 bridgehead atoms. The van der Waals surface area contributed by atoms with Crippen LogP contribution in [0.15, 0.2) is 91.6 Å². The summed E-state index contributed by atoms with van der Waals surface area (Å²) >= 11 is 0. The summed E-state index contributed by atoms with van der Waals surface area (Å²) in [6.07, 6.45) is 10.3. The van der Waals surface area contributed by atoms with E-state index < -0.39 is 0 Å². The topological polar surface area (TPSA) is 147 Å². The molecule has 0 fully saturated rings. The monoisotopic (exact) mass is 553 g/mol. The van der Waals surface area contributed by atoms with Crippen molar-refractivity contribution in [3.63, 3.8) is 0 Å². The Balaban J connectivity index is 1.19. The minimum Gasteiger partial charge on any atom is -0.383 e. The number of nitrogens with one attached hydrogen (secondary N) is 1. The highest BCUT2D eigenvalue weighted by atomic mass is 16.2. The standard InChI is InChI=1S/C30H23N11O/c31-27-21(4-1-11-33-27)28-35-23-9-10-25(39-14-3-13-34-39)37-29(23)41(28)19-6-7-20-18(16-19)5-8-22(20)36-30(42)24-17-26-32-12-2-15-40(26)38-24/h1-4,6-7,9-17,22H,5,8H2,(H2,31,33)(H,36,42)/t22-/m0/s1. The van der Waals surface area contributed by atoms with Gasteiger partial charge in [-0.05, 0) is 72.5 Å². The van der Waals surface area contributed by atoms with E-state index in [4.69, 9.17) is 15.7 Å². The van der Waals surface area contributed by atoms with Crippen LogP contribution in [0.1, 0.15) is 34.1 Å². The SMILES string of the molecule is Nc1ncccc1-c1nc2ccc(-n3cccn3)nc2n1-c1ccc2c(c1)CC[C@@H]2NC(=O)c1cc2ncccn2n1. The quantitative estimate of drug-likeness (QED) is 0.328. The van der Waals surface area contributed by atoms with Crippen LogP contribution in [0, 0.1) is 0 Å². The van der Waals surface area contributed by atoms with Crippen LogP contribution in [0.25, 0.3) is 39.7 Å². The van der Waals surface area contributed by atoms with Gasteiger partial charge in [0.1, 0.15) is 11.3 Å². The number of pyridine rings is 2. The smallest absolute Gasteiger partial charge is 0.272 e. The zero-order valence-corrected chi connectivity index (χ0v) is 22.2. The molecule has 12 nitrogen and oxygen atoms in total. The van der Waals surface area contributed by atoms with E-state index >= 15 is 0 Å². The molecule has 6 heterocycles. The van der Waals surface area contributed by atoms with Gasteiger partial charge in [0.05, 0.1) is 11.6 Å². The number of carbonyl (C=O) groups is 1. The number of amides is 1. The Hall–Kier alpha value is -5.91. The maximum atomic E-state index is 13.1. The molecule has 0 spiro atoms. The lowest BCUT2D eigenvalue weighted by Crippen LogP contribution is -2.27. The van der Waals surface area contributed by atoms with Gasteiger partial charge in [-0.15, -0.1) is 0 Å². The summed E-state index contributed by atoms with van der Waals surface area (Å²) in [6.45, 7) is 0. The average Bonchev–Trinajstić information content (AvgIpc) is 3.82. The van der Waals surface area contributed by atoms with E-state index in [0.717, 1.165) is 35.2 Å². The maximum absolute atomic E-state index is 13.1. The highest BCUT2D eigenvalue weighted by Crippen LogP contribution is 2.36. The number of carbonyl (C=O) groups excluding carboxylic acids is 1. The molecule has 0 saturated carbocycles. The third-order valence-electron chi connectivity index (χ3n) is 7.54. The van der Waals surface area contributed by atoms with Gasteiger partial charge in [-0.3, -0.25) is 9.36 Å². The molecule has 1 amide bonds. The summed E-state index contributed by atoms with van der Waals surface area (Å²) in [6, 6.07) is 19.0. The summed E-state index contributed by atoms with van der Waals surface area (Å²) in [7, 11) is 0. The second kappa shape index (κ2) is 9.34. The average molecular weight is 554 g/mol. The molecule has 7 aromatic rings. The van der Waals surface area contributed by atoms with E-state index in [9.17, 15) is 4.79 Å². The first-order chi connectivity index (χ1) is 20.6. The summed E-state index contributed by atoms with van der Waals surface area (Å²) in [5.41, 5.74) is 12.5. The fourth-order valence-electron chi connectivity index (χ4n) is 5.58. The number of hydrogen-bond donors (Lipinski definition) is 2. The molecule has 0 radical (unpaired) electrons. The Labute approximate surface area is 238 Å². The third kappa shape index (κ3) is 3.88. The molecule has 1 aromatic carbocycles. The van der Waals surface area contributed by atoms with Crippen molar-refractivity contribution in [3.05, 3.63) is 108 Å². The van der Waals surface area contributed by atoms with Crippen LogP contribution >= 0.6 is 0 Å². The van der Waals surface area contributed by atoms with Gasteiger partial charge in [-0.2, -0.15) is 10.2 Å². The molecule has 0 saturated heterocycles. The zero-order chi connectivity index (χ0) is 28.2. The Morgan fingerprint density at radius 1 is 0.952 bits per heavy atom. The van der Waals surface area contributed by atoms with Crippen LogP contribution in [-0.2, 0) is 6.42 Å². The lowest BCUT2D eigenvalue weighted by Gasteiger charge is -2.15. The van der Waals surface area contributed by atoms with Crippen molar-refractivity contribution in [3.8, 4) is 22.9 Å². The minimum absolute atomic E-state index is 0.128. The van der Waals surface area contributed by atoms with Crippen molar-refractivity contribution < 1.29 is 4.79 Å². The number of benzene rings is 1. The first-order valence-corrected chi connectivity index (χ1v) is 13.5. The Morgan fingerprint density at radius 3 is 2.71 bits per heavy atom. The van der Waals surface area contributed by atoms with Crippen LogP contribution in [0.3, 0.4) is 0 Å². The molecular formula is C30H23N11O. The molecule has 0 aliphatic heterocycles. The van der Waals surface area contributed by atoms with Gasteiger partial charge in [0, 0.05) is 42.7 Å². The zero-order valence-electron chi connectivity index (χ0n) is 22.2. The Bertz CT molecular complexity index is 2090. The Morgan fingerprint density at radius 2 is 1.86 bits per heavy atom. The summed E-state index contributed by atoms with van der Waals surface area (Å²) in [5, 5.41) is 11.9. The van der Waals surface area contributed by atoms with Crippen molar-refractivity contribution in [2.45, 2.75) is 18.9 Å². The fourth-order valence-corrected chi connectivity index (χ4v) is 5.58. The van der Waals surface area contributed by atoms with Crippen molar-refractivity contribution >= 4 is 28.5 Å². The molecule has 12 heteroatoms. The number of rotatable bonds is 5. The molecule has 6 aromatic heterocycles. The number of nitrogens with zero attached hydrogens (tertiary/aromatic N) is 9. The number of anilines is 1. The van der Waals surface area contributed by atoms with Crippen molar-refractivity contribution in [2.24, 2.45) is 0 Å². The normalized spacial score (nSPS) is 14.4. The van der Waals surface area contributed by atoms with Crippen LogP contribution in [0.2, 0.25) is 0 Å². The summed E-state index contributed by atoms with van der Waals surface area (Å²) in [5.74, 6) is 1.47. The number of aryl methyl sites for hydroxylation is 1. The van der Waals surface area contributed by atoms with E-state index in [2.05, 4.69) is 37.6 Å².